The second-order valence-electron chi connectivity index (χ2n) is 5.40. The minimum absolute atomic E-state index is 0.0143. The molecule has 0 saturated carbocycles. The SMILES string of the molecule is O=C(c1ccccc1F)N1CCC(Oc2ccncc2Cl)CC1. The van der Waals surface area contributed by atoms with E-state index in [9.17, 15) is 9.18 Å². The number of carbonyl (C=O) groups is 1. The summed E-state index contributed by atoms with van der Waals surface area (Å²) in [7, 11) is 0. The van der Waals surface area contributed by atoms with Crippen molar-refractivity contribution in [2.75, 3.05) is 13.1 Å². The third kappa shape index (κ3) is 3.62. The standard InChI is InChI=1S/C17H16ClFN2O2/c18-14-11-20-8-5-16(14)23-12-6-9-21(10-7-12)17(22)13-3-1-2-4-15(13)19/h1-5,8,11-12H,6-7,9-10H2. The first kappa shape index (κ1) is 15.7. The van der Waals surface area contributed by atoms with Crippen LogP contribution in [0.1, 0.15) is 23.2 Å². The molecular weight excluding hydrogens is 319 g/mol. The Labute approximate surface area is 138 Å². The summed E-state index contributed by atoms with van der Waals surface area (Å²) in [6.07, 6.45) is 4.50. The number of likely N-dealkylation sites (tertiary alicyclic amines) is 1. The number of halogens is 2. The Bertz CT molecular complexity index is 702. The quantitative estimate of drug-likeness (QED) is 0.862. The molecular formula is C17H16ClFN2O2. The van der Waals surface area contributed by atoms with Gasteiger partial charge in [-0.2, -0.15) is 0 Å². The fourth-order valence-corrected chi connectivity index (χ4v) is 2.78. The maximum absolute atomic E-state index is 13.7. The van der Waals surface area contributed by atoms with Crippen LogP contribution in [0.15, 0.2) is 42.7 Å². The van der Waals surface area contributed by atoms with Crippen molar-refractivity contribution < 1.29 is 13.9 Å². The zero-order valence-corrected chi connectivity index (χ0v) is 13.2. The minimum Gasteiger partial charge on any atom is -0.489 e. The normalized spacial score (nSPS) is 15.5. The predicted molar refractivity (Wildman–Crippen MR) is 85.2 cm³/mol. The van der Waals surface area contributed by atoms with E-state index in [0.29, 0.717) is 36.7 Å². The van der Waals surface area contributed by atoms with Crippen LogP contribution in [0, 0.1) is 5.82 Å². The molecule has 0 aliphatic carbocycles. The van der Waals surface area contributed by atoms with Gasteiger partial charge in [0.2, 0.25) is 0 Å². The van der Waals surface area contributed by atoms with Crippen LogP contribution in [0.4, 0.5) is 4.39 Å². The first-order valence-corrected chi connectivity index (χ1v) is 7.83. The summed E-state index contributed by atoms with van der Waals surface area (Å²) in [4.78, 5) is 17.9. The molecule has 2 aromatic rings. The van der Waals surface area contributed by atoms with E-state index in [-0.39, 0.29) is 17.6 Å². The fraction of sp³-hybridized carbons (Fsp3) is 0.294. The zero-order chi connectivity index (χ0) is 16.2. The summed E-state index contributed by atoms with van der Waals surface area (Å²) in [5.41, 5.74) is 0.115. The lowest BCUT2D eigenvalue weighted by Gasteiger charge is -2.32. The molecule has 4 nitrogen and oxygen atoms in total. The number of carbonyl (C=O) groups excluding carboxylic acids is 1. The molecule has 2 heterocycles. The molecule has 1 saturated heterocycles. The lowest BCUT2D eigenvalue weighted by Crippen LogP contribution is -2.42. The molecule has 0 N–H and O–H groups in total. The van der Waals surface area contributed by atoms with E-state index in [2.05, 4.69) is 4.98 Å². The third-order valence-corrected chi connectivity index (χ3v) is 4.15. The summed E-state index contributed by atoms with van der Waals surface area (Å²) < 4.78 is 19.6. The number of aromatic nitrogens is 1. The molecule has 0 radical (unpaired) electrons. The molecule has 1 aromatic heterocycles. The van der Waals surface area contributed by atoms with Crippen molar-refractivity contribution in [2.45, 2.75) is 18.9 Å². The summed E-state index contributed by atoms with van der Waals surface area (Å²) in [5.74, 6) is -0.163. The van der Waals surface area contributed by atoms with Gasteiger partial charge in [-0.25, -0.2) is 4.39 Å². The van der Waals surface area contributed by atoms with Crippen LogP contribution in [0.25, 0.3) is 0 Å². The highest BCUT2D eigenvalue weighted by Gasteiger charge is 2.26. The zero-order valence-electron chi connectivity index (χ0n) is 12.4. The van der Waals surface area contributed by atoms with Gasteiger partial charge < -0.3 is 9.64 Å². The van der Waals surface area contributed by atoms with Crippen molar-refractivity contribution in [3.05, 3.63) is 59.1 Å². The summed E-state index contributed by atoms with van der Waals surface area (Å²) in [6.45, 7) is 1.06. The molecule has 1 amide bonds. The van der Waals surface area contributed by atoms with Crippen molar-refractivity contribution in [2.24, 2.45) is 0 Å². The van der Waals surface area contributed by atoms with E-state index in [1.807, 2.05) is 0 Å². The summed E-state index contributed by atoms with van der Waals surface area (Å²) in [5, 5.41) is 0.470. The Morgan fingerprint density at radius 3 is 2.70 bits per heavy atom. The lowest BCUT2D eigenvalue weighted by atomic mass is 10.1. The van der Waals surface area contributed by atoms with E-state index in [1.54, 1.807) is 29.3 Å². The van der Waals surface area contributed by atoms with Crippen LogP contribution < -0.4 is 4.74 Å². The average molecular weight is 335 g/mol. The van der Waals surface area contributed by atoms with E-state index in [4.69, 9.17) is 16.3 Å². The van der Waals surface area contributed by atoms with Crippen molar-refractivity contribution in [3.63, 3.8) is 0 Å². The Balaban J connectivity index is 1.59. The Kier molecular flexibility index (Phi) is 4.76. The van der Waals surface area contributed by atoms with E-state index in [1.165, 1.54) is 18.3 Å². The number of hydrogen-bond acceptors (Lipinski definition) is 3. The van der Waals surface area contributed by atoms with Gasteiger partial charge in [-0.1, -0.05) is 23.7 Å². The van der Waals surface area contributed by atoms with Crippen LogP contribution in [0.3, 0.4) is 0 Å². The molecule has 1 aliphatic rings. The Hall–Kier alpha value is -2.14. The van der Waals surface area contributed by atoms with Gasteiger partial charge in [-0.3, -0.25) is 9.78 Å². The van der Waals surface area contributed by atoms with Gasteiger partial charge >= 0.3 is 0 Å². The van der Waals surface area contributed by atoms with Gasteiger partial charge in [0.15, 0.2) is 0 Å². The maximum Gasteiger partial charge on any atom is 0.256 e. The van der Waals surface area contributed by atoms with Crippen LogP contribution in [-0.4, -0.2) is 35.0 Å². The highest BCUT2D eigenvalue weighted by molar-refractivity contribution is 6.31. The van der Waals surface area contributed by atoms with E-state index in [0.717, 1.165) is 0 Å². The Morgan fingerprint density at radius 2 is 2.00 bits per heavy atom. The second-order valence-corrected chi connectivity index (χ2v) is 5.80. The second kappa shape index (κ2) is 6.96. The summed E-state index contributed by atoms with van der Waals surface area (Å²) >= 11 is 6.03. The molecule has 3 rings (SSSR count). The van der Waals surface area contributed by atoms with Gasteiger partial charge in [-0.15, -0.1) is 0 Å². The average Bonchev–Trinajstić information content (AvgIpc) is 2.57. The van der Waals surface area contributed by atoms with Crippen LogP contribution >= 0.6 is 11.6 Å². The van der Waals surface area contributed by atoms with Gasteiger partial charge in [0.25, 0.3) is 5.91 Å². The topological polar surface area (TPSA) is 42.4 Å². The van der Waals surface area contributed by atoms with Crippen LogP contribution in [-0.2, 0) is 0 Å². The number of benzene rings is 1. The van der Waals surface area contributed by atoms with Gasteiger partial charge in [0.1, 0.15) is 22.7 Å². The molecule has 1 aliphatic heterocycles. The number of amides is 1. The number of ether oxygens (including phenoxy) is 1. The molecule has 1 aromatic carbocycles. The largest absolute Gasteiger partial charge is 0.489 e. The molecule has 120 valence electrons. The van der Waals surface area contributed by atoms with E-state index < -0.39 is 5.82 Å². The lowest BCUT2D eigenvalue weighted by molar-refractivity contribution is 0.0591. The van der Waals surface area contributed by atoms with Gasteiger partial charge in [0, 0.05) is 44.4 Å². The van der Waals surface area contributed by atoms with Crippen LogP contribution in [0.5, 0.6) is 5.75 Å². The van der Waals surface area contributed by atoms with Gasteiger partial charge in [0.05, 0.1) is 5.56 Å². The molecule has 1 fully saturated rings. The van der Waals surface area contributed by atoms with Gasteiger partial charge in [-0.05, 0) is 12.1 Å². The van der Waals surface area contributed by atoms with Crippen molar-refractivity contribution >= 4 is 17.5 Å². The maximum atomic E-state index is 13.7. The molecule has 0 atom stereocenters. The minimum atomic E-state index is -0.487. The fourth-order valence-electron chi connectivity index (χ4n) is 2.62. The molecule has 0 unspecified atom stereocenters. The number of rotatable bonds is 3. The number of piperidine rings is 1. The van der Waals surface area contributed by atoms with E-state index >= 15 is 0 Å². The monoisotopic (exact) mass is 334 g/mol. The molecule has 0 spiro atoms. The number of pyridine rings is 1. The smallest absolute Gasteiger partial charge is 0.256 e. The van der Waals surface area contributed by atoms with Crippen LogP contribution in [0.2, 0.25) is 5.02 Å². The highest BCUT2D eigenvalue weighted by atomic mass is 35.5. The predicted octanol–water partition coefficient (Wildman–Crippen LogP) is 3.56. The van der Waals surface area contributed by atoms with Crippen molar-refractivity contribution in [1.29, 1.82) is 0 Å². The first-order chi connectivity index (χ1) is 11.1. The molecule has 23 heavy (non-hydrogen) atoms. The third-order valence-electron chi connectivity index (χ3n) is 3.86. The molecule has 6 heteroatoms. The highest BCUT2D eigenvalue weighted by Crippen LogP contribution is 2.26. The van der Waals surface area contributed by atoms with Crippen molar-refractivity contribution in [1.82, 2.24) is 9.88 Å². The number of nitrogens with zero attached hydrogens (tertiary/aromatic N) is 2. The Morgan fingerprint density at radius 1 is 1.26 bits per heavy atom. The first-order valence-electron chi connectivity index (χ1n) is 7.45. The number of hydrogen-bond donors (Lipinski definition) is 0. The molecule has 0 bridgehead atoms. The van der Waals surface area contributed by atoms with Crippen molar-refractivity contribution in [3.8, 4) is 5.75 Å². The summed E-state index contributed by atoms with van der Waals surface area (Å²) in [6, 6.07) is 7.77.